The van der Waals surface area contributed by atoms with Crippen molar-refractivity contribution >= 4 is 15.9 Å². The van der Waals surface area contributed by atoms with Gasteiger partial charge in [0.1, 0.15) is 11.5 Å². The molecule has 0 radical (unpaired) electrons. The molecule has 2 aromatic carbocycles. The van der Waals surface area contributed by atoms with Gasteiger partial charge in [-0.25, -0.2) is 8.42 Å². The van der Waals surface area contributed by atoms with Crippen molar-refractivity contribution in [2.45, 2.75) is 17.9 Å². The van der Waals surface area contributed by atoms with Crippen molar-refractivity contribution < 1.29 is 36.2 Å². The standard InChI is InChI=1S/C21H24F2N2O6S/c1-29-19-7-6-17(32(27,28)25-10-12-30-13-11-25)14-18(19)20(26)24-9-8-15-2-4-16(5-3-15)31-21(22)23/h2-7,14,21H,8-13H2,1H3,(H,24,26). The summed E-state index contributed by atoms with van der Waals surface area (Å²) in [6, 6.07) is 10.3. The number of halogens is 2. The molecule has 0 atom stereocenters. The van der Waals surface area contributed by atoms with Crippen molar-refractivity contribution in [2.75, 3.05) is 40.0 Å². The van der Waals surface area contributed by atoms with Gasteiger partial charge in [-0.05, 0) is 42.3 Å². The monoisotopic (exact) mass is 470 g/mol. The summed E-state index contributed by atoms with van der Waals surface area (Å²) in [6.45, 7) is -1.51. The van der Waals surface area contributed by atoms with Gasteiger partial charge < -0.3 is 19.5 Å². The van der Waals surface area contributed by atoms with Crippen molar-refractivity contribution in [2.24, 2.45) is 0 Å². The van der Waals surface area contributed by atoms with Crippen LogP contribution < -0.4 is 14.8 Å². The number of alkyl halides is 2. The summed E-state index contributed by atoms with van der Waals surface area (Å²) in [5.41, 5.74) is 0.907. The fourth-order valence-corrected chi connectivity index (χ4v) is 4.65. The highest BCUT2D eigenvalue weighted by Crippen LogP contribution is 2.25. The first-order valence-electron chi connectivity index (χ1n) is 9.89. The molecule has 1 amide bonds. The number of hydrogen-bond donors (Lipinski definition) is 1. The average molecular weight is 470 g/mol. The highest BCUT2D eigenvalue weighted by molar-refractivity contribution is 7.89. The molecular weight excluding hydrogens is 446 g/mol. The van der Waals surface area contributed by atoms with E-state index in [1.165, 1.54) is 41.7 Å². The van der Waals surface area contributed by atoms with Gasteiger partial charge in [-0.1, -0.05) is 12.1 Å². The molecule has 1 heterocycles. The third kappa shape index (κ3) is 5.93. The third-order valence-electron chi connectivity index (χ3n) is 4.87. The maximum absolute atomic E-state index is 12.9. The molecule has 2 aromatic rings. The fourth-order valence-electron chi connectivity index (χ4n) is 3.21. The number of benzene rings is 2. The summed E-state index contributed by atoms with van der Waals surface area (Å²) in [4.78, 5) is 12.7. The molecule has 11 heteroatoms. The fraction of sp³-hybridized carbons (Fsp3) is 0.381. The normalized spacial score (nSPS) is 14.9. The number of nitrogens with one attached hydrogen (secondary N) is 1. The zero-order valence-corrected chi connectivity index (χ0v) is 18.2. The van der Waals surface area contributed by atoms with E-state index in [2.05, 4.69) is 10.1 Å². The Morgan fingerprint density at radius 3 is 2.47 bits per heavy atom. The molecule has 1 N–H and O–H groups in total. The lowest BCUT2D eigenvalue weighted by Crippen LogP contribution is -2.40. The Balaban J connectivity index is 1.67. The van der Waals surface area contributed by atoms with E-state index in [4.69, 9.17) is 9.47 Å². The molecule has 8 nitrogen and oxygen atoms in total. The smallest absolute Gasteiger partial charge is 0.387 e. The van der Waals surface area contributed by atoms with Crippen LogP contribution in [0.5, 0.6) is 11.5 Å². The molecular formula is C21H24F2N2O6S. The minimum Gasteiger partial charge on any atom is -0.496 e. The molecule has 0 aliphatic carbocycles. The van der Waals surface area contributed by atoms with Gasteiger partial charge >= 0.3 is 6.61 Å². The molecule has 3 rings (SSSR count). The van der Waals surface area contributed by atoms with E-state index in [1.807, 2.05) is 0 Å². The first-order chi connectivity index (χ1) is 15.3. The zero-order valence-electron chi connectivity index (χ0n) is 17.4. The number of morpholine rings is 1. The van der Waals surface area contributed by atoms with Crippen LogP contribution in [0.1, 0.15) is 15.9 Å². The lowest BCUT2D eigenvalue weighted by molar-refractivity contribution is -0.0498. The number of rotatable bonds is 9. The number of sulfonamides is 1. The van der Waals surface area contributed by atoms with Gasteiger partial charge in [0.2, 0.25) is 10.0 Å². The number of carbonyl (C=O) groups excluding carboxylic acids is 1. The number of amides is 1. The maximum atomic E-state index is 12.9. The number of hydrogen-bond acceptors (Lipinski definition) is 6. The molecule has 0 unspecified atom stereocenters. The van der Waals surface area contributed by atoms with Crippen LogP contribution in [0.15, 0.2) is 47.4 Å². The predicted molar refractivity (Wildman–Crippen MR) is 112 cm³/mol. The van der Waals surface area contributed by atoms with Crippen molar-refractivity contribution in [3.63, 3.8) is 0 Å². The molecule has 0 saturated carbocycles. The molecule has 1 saturated heterocycles. The number of carbonyl (C=O) groups is 1. The van der Waals surface area contributed by atoms with E-state index in [9.17, 15) is 22.0 Å². The van der Waals surface area contributed by atoms with E-state index in [1.54, 1.807) is 12.1 Å². The maximum Gasteiger partial charge on any atom is 0.387 e. The van der Waals surface area contributed by atoms with Crippen LogP contribution in [-0.2, 0) is 21.2 Å². The van der Waals surface area contributed by atoms with Crippen LogP contribution in [0.4, 0.5) is 8.78 Å². The van der Waals surface area contributed by atoms with Crippen molar-refractivity contribution in [3.8, 4) is 11.5 Å². The van der Waals surface area contributed by atoms with Crippen LogP contribution in [0.3, 0.4) is 0 Å². The highest BCUT2D eigenvalue weighted by atomic mass is 32.2. The summed E-state index contributed by atoms with van der Waals surface area (Å²) in [7, 11) is -2.37. The van der Waals surface area contributed by atoms with Crippen LogP contribution in [-0.4, -0.2) is 65.2 Å². The summed E-state index contributed by atoms with van der Waals surface area (Å²) >= 11 is 0. The molecule has 32 heavy (non-hydrogen) atoms. The van der Waals surface area contributed by atoms with Gasteiger partial charge in [0, 0.05) is 19.6 Å². The second-order valence-corrected chi connectivity index (χ2v) is 8.84. The Morgan fingerprint density at radius 2 is 1.84 bits per heavy atom. The van der Waals surface area contributed by atoms with E-state index >= 15 is 0 Å². The Kier molecular flexibility index (Phi) is 7.99. The molecule has 1 fully saturated rings. The van der Waals surface area contributed by atoms with E-state index in [0.717, 1.165) is 5.56 Å². The summed E-state index contributed by atoms with van der Waals surface area (Å²) in [5.74, 6) is -0.189. The molecule has 0 bridgehead atoms. The van der Waals surface area contributed by atoms with Gasteiger partial charge in [0.25, 0.3) is 5.91 Å². The second kappa shape index (κ2) is 10.7. The molecule has 174 valence electrons. The minimum absolute atomic E-state index is 0.0000289. The lowest BCUT2D eigenvalue weighted by Gasteiger charge is -2.26. The first kappa shape index (κ1) is 23.9. The van der Waals surface area contributed by atoms with E-state index in [0.29, 0.717) is 19.6 Å². The van der Waals surface area contributed by atoms with Crippen LogP contribution in [0, 0.1) is 0 Å². The van der Waals surface area contributed by atoms with Gasteiger partial charge in [0.15, 0.2) is 0 Å². The summed E-state index contributed by atoms with van der Waals surface area (Å²) < 4.78 is 66.3. The number of methoxy groups -OCH3 is 1. The lowest BCUT2D eigenvalue weighted by atomic mass is 10.1. The van der Waals surface area contributed by atoms with Crippen molar-refractivity contribution in [3.05, 3.63) is 53.6 Å². The van der Waals surface area contributed by atoms with Crippen molar-refractivity contribution in [1.82, 2.24) is 9.62 Å². The third-order valence-corrected chi connectivity index (χ3v) is 6.77. The SMILES string of the molecule is COc1ccc(S(=O)(=O)N2CCOCC2)cc1C(=O)NCCc1ccc(OC(F)F)cc1. The highest BCUT2D eigenvalue weighted by Gasteiger charge is 2.28. The largest absolute Gasteiger partial charge is 0.496 e. The Hall–Kier alpha value is -2.76. The number of nitrogens with zero attached hydrogens (tertiary/aromatic N) is 1. The first-order valence-corrected chi connectivity index (χ1v) is 11.3. The average Bonchev–Trinajstić information content (AvgIpc) is 2.80. The molecule has 1 aliphatic heterocycles. The van der Waals surface area contributed by atoms with E-state index < -0.39 is 22.5 Å². The Labute approximate surface area is 185 Å². The molecule has 1 aliphatic rings. The van der Waals surface area contributed by atoms with Gasteiger partial charge in [-0.3, -0.25) is 4.79 Å². The summed E-state index contributed by atoms with van der Waals surface area (Å²) in [5, 5.41) is 2.73. The van der Waals surface area contributed by atoms with E-state index in [-0.39, 0.29) is 41.6 Å². The quantitative estimate of drug-likeness (QED) is 0.605. The van der Waals surface area contributed by atoms with Crippen LogP contribution >= 0.6 is 0 Å². The zero-order chi connectivity index (χ0) is 23.1. The topological polar surface area (TPSA) is 94.2 Å². The summed E-state index contributed by atoms with van der Waals surface area (Å²) in [6.07, 6.45) is 0.439. The Bertz CT molecular complexity index is 1030. The molecule has 0 aromatic heterocycles. The Morgan fingerprint density at radius 1 is 1.16 bits per heavy atom. The van der Waals surface area contributed by atoms with Crippen LogP contribution in [0.2, 0.25) is 0 Å². The molecule has 0 spiro atoms. The predicted octanol–water partition coefficient (Wildman–Crippen LogP) is 2.29. The van der Waals surface area contributed by atoms with Gasteiger partial charge in [0.05, 0.1) is 30.8 Å². The minimum atomic E-state index is -3.77. The van der Waals surface area contributed by atoms with Gasteiger partial charge in [-0.15, -0.1) is 0 Å². The van der Waals surface area contributed by atoms with Crippen molar-refractivity contribution in [1.29, 1.82) is 0 Å². The second-order valence-electron chi connectivity index (χ2n) is 6.91. The van der Waals surface area contributed by atoms with Gasteiger partial charge in [-0.2, -0.15) is 13.1 Å². The van der Waals surface area contributed by atoms with Crippen LogP contribution in [0.25, 0.3) is 0 Å². The number of ether oxygens (including phenoxy) is 3.